The third-order valence-corrected chi connectivity index (χ3v) is 5.97. The first-order chi connectivity index (χ1) is 12.5. The summed E-state index contributed by atoms with van der Waals surface area (Å²) < 4.78 is 11.0. The number of nitrogens with zero attached hydrogens (tertiary/aromatic N) is 2. The van der Waals surface area contributed by atoms with Crippen molar-refractivity contribution in [2.45, 2.75) is 33.6 Å². The summed E-state index contributed by atoms with van der Waals surface area (Å²) >= 11 is 0. The van der Waals surface area contributed by atoms with Gasteiger partial charge in [-0.3, -0.25) is 4.98 Å². The van der Waals surface area contributed by atoms with Gasteiger partial charge < -0.3 is 14.4 Å². The van der Waals surface area contributed by atoms with Crippen LogP contribution in [-0.4, -0.2) is 43.9 Å². The van der Waals surface area contributed by atoms with Gasteiger partial charge in [-0.1, -0.05) is 12.1 Å². The molecule has 1 unspecified atom stereocenters. The highest BCUT2D eigenvalue weighted by Gasteiger charge is 2.42. The summed E-state index contributed by atoms with van der Waals surface area (Å²) in [6.07, 6.45) is 3.89. The van der Waals surface area contributed by atoms with Crippen LogP contribution in [0.5, 0.6) is 0 Å². The van der Waals surface area contributed by atoms with Crippen molar-refractivity contribution in [1.82, 2.24) is 4.98 Å². The van der Waals surface area contributed by atoms with E-state index in [1.807, 2.05) is 6.92 Å². The van der Waals surface area contributed by atoms with Crippen LogP contribution in [0.15, 0.2) is 18.3 Å². The topological polar surface area (TPSA) is 51.7 Å². The van der Waals surface area contributed by atoms with Gasteiger partial charge in [0.2, 0.25) is 0 Å². The van der Waals surface area contributed by atoms with Gasteiger partial charge in [0.1, 0.15) is 5.56 Å². The van der Waals surface area contributed by atoms with Crippen molar-refractivity contribution >= 4 is 22.6 Å². The van der Waals surface area contributed by atoms with Gasteiger partial charge in [-0.2, -0.15) is 0 Å². The van der Waals surface area contributed by atoms with Crippen molar-refractivity contribution in [3.8, 4) is 0 Å². The molecule has 2 aromatic rings. The molecule has 2 aliphatic rings. The summed E-state index contributed by atoms with van der Waals surface area (Å²) in [4.78, 5) is 19.6. The first kappa shape index (κ1) is 17.3. The zero-order valence-electron chi connectivity index (χ0n) is 15.8. The molecule has 1 spiro atoms. The smallest absolute Gasteiger partial charge is 0.341 e. The minimum atomic E-state index is -0.293. The number of pyridine rings is 1. The summed E-state index contributed by atoms with van der Waals surface area (Å²) in [6.45, 7) is 9.90. The van der Waals surface area contributed by atoms with Crippen molar-refractivity contribution in [2.24, 2.45) is 5.41 Å². The molecule has 5 heteroatoms. The molecule has 0 amide bonds. The quantitative estimate of drug-likeness (QED) is 0.788. The summed E-state index contributed by atoms with van der Waals surface area (Å²) in [5.74, 6) is -0.293. The molecule has 2 fully saturated rings. The molecular formula is C21H26N2O3. The maximum atomic E-state index is 12.6. The van der Waals surface area contributed by atoms with Crippen molar-refractivity contribution in [3.63, 3.8) is 0 Å². The highest BCUT2D eigenvalue weighted by atomic mass is 16.5. The highest BCUT2D eigenvalue weighted by molar-refractivity contribution is 6.06. The van der Waals surface area contributed by atoms with Crippen LogP contribution in [0.3, 0.4) is 0 Å². The second-order valence-electron chi connectivity index (χ2n) is 7.62. The van der Waals surface area contributed by atoms with E-state index < -0.39 is 0 Å². The molecular weight excluding hydrogens is 328 g/mol. The van der Waals surface area contributed by atoms with Crippen LogP contribution in [0.1, 0.15) is 41.3 Å². The van der Waals surface area contributed by atoms with E-state index in [2.05, 4.69) is 35.9 Å². The number of anilines is 1. The fourth-order valence-electron chi connectivity index (χ4n) is 4.29. The number of carbonyl (C=O) groups excluding carboxylic acids is 1. The van der Waals surface area contributed by atoms with Gasteiger partial charge in [0, 0.05) is 36.7 Å². The number of ether oxygens (including phenoxy) is 2. The zero-order chi connectivity index (χ0) is 18.3. The van der Waals surface area contributed by atoms with E-state index in [1.54, 1.807) is 6.20 Å². The first-order valence-electron chi connectivity index (χ1n) is 9.43. The van der Waals surface area contributed by atoms with Crippen LogP contribution in [0.25, 0.3) is 10.9 Å². The second-order valence-corrected chi connectivity index (χ2v) is 7.62. The molecule has 0 saturated carbocycles. The molecule has 138 valence electrons. The van der Waals surface area contributed by atoms with Crippen LogP contribution in [-0.2, 0) is 9.47 Å². The lowest BCUT2D eigenvalue weighted by molar-refractivity contribution is 0.0527. The standard InChI is InChI=1S/C21H26N2O3/c1-4-26-20(24)17-11-22-18-15(3)14(2)5-6-16(18)19(17)23-9-7-21(12-23)8-10-25-13-21/h5-6,11H,4,7-10,12-13H2,1-3H3. The Kier molecular flexibility index (Phi) is 4.35. The zero-order valence-corrected chi connectivity index (χ0v) is 15.8. The normalized spacial score (nSPS) is 22.5. The highest BCUT2D eigenvalue weighted by Crippen LogP contribution is 2.43. The maximum absolute atomic E-state index is 12.6. The van der Waals surface area contributed by atoms with E-state index in [0.29, 0.717) is 12.2 Å². The number of hydrogen-bond acceptors (Lipinski definition) is 5. The third-order valence-electron chi connectivity index (χ3n) is 5.97. The van der Waals surface area contributed by atoms with Gasteiger partial charge in [-0.15, -0.1) is 0 Å². The van der Waals surface area contributed by atoms with Crippen LogP contribution < -0.4 is 4.90 Å². The van der Waals surface area contributed by atoms with Crippen molar-refractivity contribution in [1.29, 1.82) is 0 Å². The minimum absolute atomic E-state index is 0.223. The number of esters is 1. The first-order valence-corrected chi connectivity index (χ1v) is 9.43. The Balaban J connectivity index is 1.85. The third kappa shape index (κ3) is 2.75. The molecule has 1 aromatic carbocycles. The fourth-order valence-corrected chi connectivity index (χ4v) is 4.29. The molecule has 0 bridgehead atoms. The Bertz CT molecular complexity index is 856. The Labute approximate surface area is 154 Å². The molecule has 2 saturated heterocycles. The average Bonchev–Trinajstić information content (AvgIpc) is 3.27. The second kappa shape index (κ2) is 6.54. The summed E-state index contributed by atoms with van der Waals surface area (Å²) in [5, 5.41) is 1.04. The van der Waals surface area contributed by atoms with Crippen molar-refractivity contribution < 1.29 is 14.3 Å². The van der Waals surface area contributed by atoms with Crippen LogP contribution in [0, 0.1) is 19.3 Å². The number of aryl methyl sites for hydroxylation is 2. The van der Waals surface area contributed by atoms with Gasteiger partial charge in [0.05, 0.1) is 24.4 Å². The average molecular weight is 354 g/mol. The van der Waals surface area contributed by atoms with E-state index in [-0.39, 0.29) is 11.4 Å². The molecule has 4 rings (SSSR count). The summed E-state index contributed by atoms with van der Waals surface area (Å²) in [5.41, 5.74) is 5.11. The molecule has 26 heavy (non-hydrogen) atoms. The predicted octanol–water partition coefficient (Wildman–Crippen LogP) is 3.65. The molecule has 3 heterocycles. The Morgan fingerprint density at radius 1 is 1.35 bits per heavy atom. The molecule has 0 aliphatic carbocycles. The lowest BCUT2D eigenvalue weighted by Gasteiger charge is -2.26. The van der Waals surface area contributed by atoms with Crippen molar-refractivity contribution in [3.05, 3.63) is 35.0 Å². The number of benzene rings is 1. The lowest BCUT2D eigenvalue weighted by Crippen LogP contribution is -2.29. The predicted molar refractivity (Wildman–Crippen MR) is 102 cm³/mol. The van der Waals surface area contributed by atoms with E-state index in [0.717, 1.165) is 61.3 Å². The molecule has 0 radical (unpaired) electrons. The van der Waals surface area contributed by atoms with E-state index in [4.69, 9.17) is 9.47 Å². The SMILES string of the molecule is CCOC(=O)c1cnc2c(C)c(C)ccc2c1N1CCC2(CCOC2)C1. The van der Waals surface area contributed by atoms with Crippen LogP contribution in [0.2, 0.25) is 0 Å². The Morgan fingerprint density at radius 3 is 2.92 bits per heavy atom. The molecule has 1 aromatic heterocycles. The molecule has 1 atom stereocenters. The number of aromatic nitrogens is 1. The Morgan fingerprint density at radius 2 is 2.19 bits per heavy atom. The molecule has 2 aliphatic heterocycles. The van der Waals surface area contributed by atoms with Gasteiger partial charge in [-0.25, -0.2) is 4.79 Å². The van der Waals surface area contributed by atoms with E-state index >= 15 is 0 Å². The van der Waals surface area contributed by atoms with Crippen molar-refractivity contribution in [2.75, 3.05) is 37.8 Å². The Hall–Kier alpha value is -2.14. The molecule has 0 N–H and O–H groups in total. The number of carbonyl (C=O) groups is 1. The number of hydrogen-bond donors (Lipinski definition) is 0. The monoisotopic (exact) mass is 354 g/mol. The van der Waals surface area contributed by atoms with Crippen LogP contribution in [0.4, 0.5) is 5.69 Å². The largest absolute Gasteiger partial charge is 0.462 e. The number of fused-ring (bicyclic) bond motifs is 1. The lowest BCUT2D eigenvalue weighted by atomic mass is 9.87. The van der Waals surface area contributed by atoms with E-state index in [9.17, 15) is 4.79 Å². The minimum Gasteiger partial charge on any atom is -0.462 e. The number of rotatable bonds is 3. The molecule has 5 nitrogen and oxygen atoms in total. The van der Waals surface area contributed by atoms with Gasteiger partial charge in [-0.05, 0) is 44.7 Å². The summed E-state index contributed by atoms with van der Waals surface area (Å²) in [7, 11) is 0. The summed E-state index contributed by atoms with van der Waals surface area (Å²) in [6, 6.07) is 4.21. The van der Waals surface area contributed by atoms with Gasteiger partial charge in [0.25, 0.3) is 0 Å². The van der Waals surface area contributed by atoms with Gasteiger partial charge >= 0.3 is 5.97 Å². The van der Waals surface area contributed by atoms with E-state index in [1.165, 1.54) is 5.56 Å². The maximum Gasteiger partial charge on any atom is 0.341 e. The van der Waals surface area contributed by atoms with Crippen LogP contribution >= 0.6 is 0 Å². The van der Waals surface area contributed by atoms with Gasteiger partial charge in [0.15, 0.2) is 0 Å². The fraction of sp³-hybridized carbons (Fsp3) is 0.524.